The summed E-state index contributed by atoms with van der Waals surface area (Å²) in [4.78, 5) is 22.8. The standard InChI is InChI=1S/C14H12ClN3O3S2/c1-21-12(20)8-22-14-18-17-13(23-14)16-11(19)7-4-9-2-5-10(15)6-3-9/h2-7H,8H2,1H3,(H,16,17,19)/b7-4+. The lowest BCUT2D eigenvalue weighted by molar-refractivity contribution is -0.137. The SMILES string of the molecule is COC(=O)CSc1nnc(NC(=O)/C=C/c2ccc(Cl)cc2)s1. The van der Waals surface area contributed by atoms with Crippen LogP contribution in [-0.4, -0.2) is 34.9 Å². The van der Waals surface area contributed by atoms with Crippen molar-refractivity contribution in [1.82, 2.24) is 10.2 Å². The van der Waals surface area contributed by atoms with Gasteiger partial charge < -0.3 is 4.74 Å². The average Bonchev–Trinajstić information content (AvgIpc) is 2.99. The lowest BCUT2D eigenvalue weighted by atomic mass is 10.2. The molecule has 2 rings (SSSR count). The van der Waals surface area contributed by atoms with Gasteiger partial charge in [-0.1, -0.05) is 46.8 Å². The van der Waals surface area contributed by atoms with Gasteiger partial charge in [0.2, 0.25) is 11.0 Å². The maximum atomic E-state index is 11.8. The number of rotatable bonds is 6. The molecule has 0 radical (unpaired) electrons. The first kappa shape index (κ1) is 17.5. The van der Waals surface area contributed by atoms with Gasteiger partial charge in [0, 0.05) is 11.1 Å². The Morgan fingerprint density at radius 2 is 2.09 bits per heavy atom. The third kappa shape index (κ3) is 6.01. The Morgan fingerprint density at radius 1 is 1.35 bits per heavy atom. The maximum Gasteiger partial charge on any atom is 0.316 e. The van der Waals surface area contributed by atoms with Crippen LogP contribution < -0.4 is 5.32 Å². The molecule has 2 aromatic rings. The second-order valence-corrected chi connectivity index (χ2v) is 6.75. The van der Waals surface area contributed by atoms with Gasteiger partial charge in [0.1, 0.15) is 0 Å². The Morgan fingerprint density at radius 3 is 2.78 bits per heavy atom. The van der Waals surface area contributed by atoms with Crippen LogP contribution in [0.5, 0.6) is 0 Å². The molecule has 1 heterocycles. The van der Waals surface area contributed by atoms with E-state index >= 15 is 0 Å². The summed E-state index contributed by atoms with van der Waals surface area (Å²) in [5.74, 6) is -0.516. The highest BCUT2D eigenvalue weighted by atomic mass is 35.5. The lowest BCUT2D eigenvalue weighted by Crippen LogP contribution is -2.07. The molecule has 0 atom stereocenters. The van der Waals surface area contributed by atoms with Crippen molar-refractivity contribution in [3.05, 3.63) is 40.9 Å². The topological polar surface area (TPSA) is 81.2 Å². The number of nitrogens with one attached hydrogen (secondary N) is 1. The number of carbonyl (C=O) groups excluding carboxylic acids is 2. The van der Waals surface area contributed by atoms with E-state index in [0.29, 0.717) is 14.5 Å². The monoisotopic (exact) mass is 369 g/mol. The van der Waals surface area contributed by atoms with Crippen LogP contribution in [0, 0.1) is 0 Å². The number of methoxy groups -OCH3 is 1. The summed E-state index contributed by atoms with van der Waals surface area (Å²) in [6.07, 6.45) is 3.06. The predicted molar refractivity (Wildman–Crippen MR) is 91.8 cm³/mol. The first-order valence-corrected chi connectivity index (χ1v) is 8.52. The first-order chi connectivity index (χ1) is 11.1. The molecular formula is C14H12ClN3O3S2. The van der Waals surface area contributed by atoms with E-state index in [1.807, 2.05) is 0 Å². The Kier molecular flexibility index (Phi) is 6.57. The van der Waals surface area contributed by atoms with E-state index in [1.54, 1.807) is 30.3 Å². The highest BCUT2D eigenvalue weighted by molar-refractivity contribution is 8.01. The minimum absolute atomic E-state index is 0.148. The lowest BCUT2D eigenvalue weighted by Gasteiger charge is -1.96. The fourth-order valence-corrected chi connectivity index (χ4v) is 3.10. The Labute approximate surface area is 145 Å². The highest BCUT2D eigenvalue weighted by Crippen LogP contribution is 2.25. The summed E-state index contributed by atoms with van der Waals surface area (Å²) < 4.78 is 5.11. The molecular weight excluding hydrogens is 358 g/mol. The van der Waals surface area contributed by atoms with Crippen molar-refractivity contribution >= 4 is 57.8 Å². The third-order valence-electron chi connectivity index (χ3n) is 2.47. The minimum Gasteiger partial charge on any atom is -0.468 e. The molecule has 0 aliphatic carbocycles. The summed E-state index contributed by atoms with van der Waals surface area (Å²) in [5, 5.41) is 11.3. The van der Waals surface area contributed by atoms with Gasteiger partial charge in [-0.2, -0.15) is 0 Å². The summed E-state index contributed by atoms with van der Waals surface area (Å²) in [5.41, 5.74) is 0.858. The van der Waals surface area contributed by atoms with Crippen LogP contribution in [0.2, 0.25) is 5.02 Å². The molecule has 1 aromatic carbocycles. The largest absolute Gasteiger partial charge is 0.468 e. The van der Waals surface area contributed by atoms with Gasteiger partial charge in [0.15, 0.2) is 4.34 Å². The van der Waals surface area contributed by atoms with Crippen molar-refractivity contribution < 1.29 is 14.3 Å². The average molecular weight is 370 g/mol. The predicted octanol–water partition coefficient (Wildman–Crippen LogP) is 3.11. The zero-order chi connectivity index (χ0) is 16.7. The van der Waals surface area contributed by atoms with Gasteiger partial charge in [-0.25, -0.2) is 0 Å². The van der Waals surface area contributed by atoms with Crippen LogP contribution in [0.3, 0.4) is 0 Å². The number of anilines is 1. The van der Waals surface area contributed by atoms with Gasteiger partial charge in [0.25, 0.3) is 0 Å². The number of esters is 1. The smallest absolute Gasteiger partial charge is 0.316 e. The number of benzene rings is 1. The number of ether oxygens (including phenoxy) is 1. The van der Waals surface area contributed by atoms with Gasteiger partial charge >= 0.3 is 5.97 Å². The number of halogens is 1. The van der Waals surface area contributed by atoms with Crippen molar-refractivity contribution in [3.8, 4) is 0 Å². The zero-order valence-corrected chi connectivity index (χ0v) is 14.4. The minimum atomic E-state index is -0.346. The molecule has 0 aliphatic heterocycles. The highest BCUT2D eigenvalue weighted by Gasteiger charge is 2.09. The number of thioether (sulfide) groups is 1. The van der Waals surface area contributed by atoms with E-state index in [1.165, 1.54) is 36.3 Å². The van der Waals surface area contributed by atoms with Crippen LogP contribution in [0.1, 0.15) is 5.56 Å². The molecule has 0 unspecified atom stereocenters. The fraction of sp³-hybridized carbons (Fsp3) is 0.143. The second kappa shape index (κ2) is 8.66. The molecule has 0 spiro atoms. The number of nitrogens with zero attached hydrogens (tertiary/aromatic N) is 2. The maximum absolute atomic E-state index is 11.8. The first-order valence-electron chi connectivity index (χ1n) is 6.34. The van der Waals surface area contributed by atoms with Crippen LogP contribution in [0.25, 0.3) is 6.08 Å². The molecule has 120 valence electrons. The van der Waals surface area contributed by atoms with E-state index in [0.717, 1.165) is 5.56 Å². The molecule has 9 heteroatoms. The molecule has 1 aromatic heterocycles. The Balaban J connectivity index is 1.86. The summed E-state index contributed by atoms with van der Waals surface area (Å²) >= 11 is 8.18. The summed E-state index contributed by atoms with van der Waals surface area (Å²) in [6.45, 7) is 0. The van der Waals surface area contributed by atoms with Crippen molar-refractivity contribution in [3.63, 3.8) is 0 Å². The van der Waals surface area contributed by atoms with Gasteiger partial charge in [0.05, 0.1) is 12.9 Å². The molecule has 0 saturated heterocycles. The van der Waals surface area contributed by atoms with Crippen LogP contribution in [-0.2, 0) is 14.3 Å². The van der Waals surface area contributed by atoms with E-state index in [9.17, 15) is 9.59 Å². The normalized spacial score (nSPS) is 10.7. The van der Waals surface area contributed by atoms with Crippen LogP contribution in [0.15, 0.2) is 34.7 Å². The quantitative estimate of drug-likeness (QED) is 0.364. The van der Waals surface area contributed by atoms with Gasteiger partial charge in [-0.15, -0.1) is 10.2 Å². The summed E-state index contributed by atoms with van der Waals surface area (Å²) in [6, 6.07) is 7.10. The summed E-state index contributed by atoms with van der Waals surface area (Å²) in [7, 11) is 1.32. The van der Waals surface area contributed by atoms with Crippen molar-refractivity contribution in [1.29, 1.82) is 0 Å². The van der Waals surface area contributed by atoms with Gasteiger partial charge in [-0.05, 0) is 23.8 Å². The van der Waals surface area contributed by atoms with Crippen LogP contribution >= 0.6 is 34.7 Å². The molecule has 23 heavy (non-hydrogen) atoms. The van der Waals surface area contributed by atoms with E-state index in [4.69, 9.17) is 11.6 Å². The Bertz CT molecular complexity index is 716. The van der Waals surface area contributed by atoms with Gasteiger partial charge in [-0.3, -0.25) is 14.9 Å². The van der Waals surface area contributed by atoms with Crippen LogP contribution in [0.4, 0.5) is 5.13 Å². The molecule has 6 nitrogen and oxygen atoms in total. The number of aromatic nitrogens is 2. The molecule has 0 aliphatic rings. The molecule has 0 saturated carbocycles. The van der Waals surface area contributed by atoms with E-state index < -0.39 is 0 Å². The fourth-order valence-electron chi connectivity index (χ4n) is 1.39. The zero-order valence-electron chi connectivity index (χ0n) is 12.0. The van der Waals surface area contributed by atoms with Crippen molar-refractivity contribution in [2.75, 3.05) is 18.2 Å². The van der Waals surface area contributed by atoms with E-state index in [-0.39, 0.29) is 17.6 Å². The molecule has 1 amide bonds. The van der Waals surface area contributed by atoms with E-state index in [2.05, 4.69) is 20.3 Å². The molecule has 0 fully saturated rings. The van der Waals surface area contributed by atoms with Crippen molar-refractivity contribution in [2.45, 2.75) is 4.34 Å². The molecule has 0 bridgehead atoms. The number of carbonyl (C=O) groups is 2. The number of amides is 1. The number of hydrogen-bond acceptors (Lipinski definition) is 7. The Hall–Kier alpha value is -1.90. The third-order valence-corrected chi connectivity index (χ3v) is 4.67. The number of hydrogen-bond donors (Lipinski definition) is 1. The van der Waals surface area contributed by atoms with Crippen molar-refractivity contribution in [2.24, 2.45) is 0 Å². The second-order valence-electron chi connectivity index (χ2n) is 4.11. The molecule has 1 N–H and O–H groups in total.